The fourth-order valence-electron chi connectivity index (χ4n) is 3.38. The van der Waals surface area contributed by atoms with Gasteiger partial charge < -0.3 is 10.2 Å². The minimum Gasteiger partial charge on any atom is -0.363 e. The summed E-state index contributed by atoms with van der Waals surface area (Å²) in [6.07, 6.45) is 0. The van der Waals surface area contributed by atoms with E-state index >= 15 is 0 Å². The molecule has 1 fully saturated rings. The third-order valence-electron chi connectivity index (χ3n) is 5.02. The number of benzene rings is 2. The quantitative estimate of drug-likeness (QED) is 0.585. The molecule has 1 aliphatic rings. The van der Waals surface area contributed by atoms with E-state index in [1.807, 2.05) is 9.80 Å². The fraction of sp³-hybridized carbons (Fsp3) is 0.316. The second kappa shape index (κ2) is 8.65. The van der Waals surface area contributed by atoms with Crippen molar-refractivity contribution in [3.63, 3.8) is 0 Å². The molecule has 2 aromatic carbocycles. The predicted molar refractivity (Wildman–Crippen MR) is 108 cm³/mol. The first-order chi connectivity index (χ1) is 13.9. The first-order valence-corrected chi connectivity index (χ1v) is 9.15. The van der Waals surface area contributed by atoms with E-state index in [0.717, 1.165) is 0 Å². The number of nitrogens with zero attached hydrogens (tertiary/aromatic N) is 4. The summed E-state index contributed by atoms with van der Waals surface area (Å²) in [6, 6.07) is 12.1. The number of piperazine rings is 1. The summed E-state index contributed by atoms with van der Waals surface area (Å²) in [5, 5.41) is 25.0. The van der Waals surface area contributed by atoms with Crippen molar-refractivity contribution in [1.82, 2.24) is 4.90 Å². The van der Waals surface area contributed by atoms with Gasteiger partial charge in [0, 0.05) is 38.3 Å². The van der Waals surface area contributed by atoms with Crippen LogP contribution in [0.25, 0.3) is 0 Å². The van der Waals surface area contributed by atoms with Crippen molar-refractivity contribution in [3.05, 3.63) is 68.8 Å². The number of nitro benzene ring substituents is 2. The molecule has 29 heavy (non-hydrogen) atoms. The van der Waals surface area contributed by atoms with Crippen LogP contribution in [-0.2, 0) is 4.79 Å². The molecule has 1 atom stereocenters. The van der Waals surface area contributed by atoms with Gasteiger partial charge in [0.1, 0.15) is 11.4 Å². The van der Waals surface area contributed by atoms with E-state index in [1.165, 1.54) is 18.2 Å². The molecule has 0 spiro atoms. The average Bonchev–Trinajstić information content (AvgIpc) is 2.73. The van der Waals surface area contributed by atoms with Crippen LogP contribution in [0.3, 0.4) is 0 Å². The van der Waals surface area contributed by atoms with Crippen LogP contribution in [0.15, 0.2) is 48.5 Å². The Kier molecular flexibility index (Phi) is 6.03. The molecule has 152 valence electrons. The molecule has 1 N–H and O–H groups in total. The van der Waals surface area contributed by atoms with Crippen molar-refractivity contribution in [2.45, 2.75) is 13.0 Å². The monoisotopic (exact) mass is 399 g/mol. The van der Waals surface area contributed by atoms with E-state index in [4.69, 9.17) is 0 Å². The molecule has 1 amide bonds. The van der Waals surface area contributed by atoms with Crippen LogP contribution in [0.2, 0.25) is 0 Å². The van der Waals surface area contributed by atoms with E-state index in [1.54, 1.807) is 37.3 Å². The van der Waals surface area contributed by atoms with Crippen LogP contribution in [-0.4, -0.2) is 52.9 Å². The van der Waals surface area contributed by atoms with Gasteiger partial charge in [0.05, 0.1) is 15.9 Å². The minimum absolute atomic E-state index is 0.0585. The molecule has 0 aliphatic carbocycles. The van der Waals surface area contributed by atoms with Crippen molar-refractivity contribution in [3.8, 4) is 0 Å². The van der Waals surface area contributed by atoms with Gasteiger partial charge >= 0.3 is 0 Å². The highest BCUT2D eigenvalue weighted by molar-refractivity contribution is 5.96. The lowest BCUT2D eigenvalue weighted by molar-refractivity contribution is -0.384. The van der Waals surface area contributed by atoms with Gasteiger partial charge in [0.25, 0.3) is 11.4 Å². The summed E-state index contributed by atoms with van der Waals surface area (Å²) in [5.41, 5.74) is 0.624. The number of anilines is 2. The summed E-state index contributed by atoms with van der Waals surface area (Å²) in [4.78, 5) is 37.9. The maximum Gasteiger partial charge on any atom is 0.292 e. The van der Waals surface area contributed by atoms with Gasteiger partial charge in [0.15, 0.2) is 0 Å². The van der Waals surface area contributed by atoms with Crippen LogP contribution < -0.4 is 10.2 Å². The summed E-state index contributed by atoms with van der Waals surface area (Å²) >= 11 is 0. The number of carbonyl (C=O) groups excluding carboxylic acids is 1. The highest BCUT2D eigenvalue weighted by Gasteiger charge is 2.29. The Balaban J connectivity index is 1.63. The van der Waals surface area contributed by atoms with Crippen molar-refractivity contribution in [2.24, 2.45) is 0 Å². The minimum atomic E-state index is -0.536. The van der Waals surface area contributed by atoms with Gasteiger partial charge in [-0.3, -0.25) is 29.9 Å². The number of nitrogens with one attached hydrogen (secondary N) is 1. The second-order valence-electron chi connectivity index (χ2n) is 6.71. The Morgan fingerprint density at radius 3 is 2.10 bits per heavy atom. The Morgan fingerprint density at radius 2 is 1.48 bits per heavy atom. The molecule has 3 rings (SSSR count). The SMILES string of the molecule is CC(C(=O)Nc1ccccc1[N+](=O)[O-])N1CCN(c2ccccc2[N+](=O)[O-])CC1. The van der Waals surface area contributed by atoms with Gasteiger partial charge in [-0.05, 0) is 19.1 Å². The summed E-state index contributed by atoms with van der Waals surface area (Å²) < 4.78 is 0. The molecule has 10 heteroatoms. The molecule has 1 saturated heterocycles. The van der Waals surface area contributed by atoms with Crippen molar-refractivity contribution < 1.29 is 14.6 Å². The normalized spacial score (nSPS) is 15.6. The highest BCUT2D eigenvalue weighted by Crippen LogP contribution is 2.29. The standard InChI is InChI=1S/C19H21N5O5/c1-14(19(25)20-15-6-2-3-7-16(15)23(26)27)21-10-12-22(13-11-21)17-8-4-5-9-18(17)24(28)29/h2-9,14H,10-13H2,1H3,(H,20,25). The third-order valence-corrected chi connectivity index (χ3v) is 5.02. The first kappa shape index (κ1) is 20.2. The molecule has 0 saturated carbocycles. The van der Waals surface area contributed by atoms with Crippen LogP contribution in [0, 0.1) is 20.2 Å². The fourth-order valence-corrected chi connectivity index (χ4v) is 3.38. The predicted octanol–water partition coefficient (Wildman–Crippen LogP) is 2.65. The van der Waals surface area contributed by atoms with E-state index < -0.39 is 15.9 Å². The maximum atomic E-state index is 12.6. The number of amides is 1. The average molecular weight is 399 g/mol. The number of rotatable bonds is 6. The highest BCUT2D eigenvalue weighted by atomic mass is 16.6. The molecule has 0 radical (unpaired) electrons. The Labute approximate surface area is 167 Å². The zero-order chi connectivity index (χ0) is 21.0. The molecular weight excluding hydrogens is 378 g/mol. The van der Waals surface area contributed by atoms with Crippen molar-refractivity contribution >= 4 is 28.7 Å². The Morgan fingerprint density at radius 1 is 0.931 bits per heavy atom. The lowest BCUT2D eigenvalue weighted by Gasteiger charge is -2.38. The van der Waals surface area contributed by atoms with E-state index in [0.29, 0.717) is 31.9 Å². The third kappa shape index (κ3) is 4.49. The lowest BCUT2D eigenvalue weighted by atomic mass is 10.1. The smallest absolute Gasteiger partial charge is 0.292 e. The molecule has 1 heterocycles. The van der Waals surface area contributed by atoms with E-state index in [9.17, 15) is 25.0 Å². The van der Waals surface area contributed by atoms with Gasteiger partial charge in [-0.25, -0.2) is 0 Å². The summed E-state index contributed by atoms with van der Waals surface area (Å²) in [7, 11) is 0. The summed E-state index contributed by atoms with van der Waals surface area (Å²) in [6.45, 7) is 3.89. The molecule has 0 aromatic heterocycles. The largest absolute Gasteiger partial charge is 0.363 e. The van der Waals surface area contributed by atoms with Crippen LogP contribution in [0.4, 0.5) is 22.7 Å². The molecule has 0 bridgehead atoms. The first-order valence-electron chi connectivity index (χ1n) is 9.15. The van der Waals surface area contributed by atoms with Crippen molar-refractivity contribution in [2.75, 3.05) is 36.4 Å². The van der Waals surface area contributed by atoms with Crippen LogP contribution >= 0.6 is 0 Å². The number of nitro groups is 2. The Bertz CT molecular complexity index is 927. The molecular formula is C19H21N5O5. The van der Waals surface area contributed by atoms with Gasteiger partial charge in [-0.2, -0.15) is 0 Å². The van der Waals surface area contributed by atoms with Crippen molar-refractivity contribution in [1.29, 1.82) is 0 Å². The topological polar surface area (TPSA) is 122 Å². The number of hydrogen-bond acceptors (Lipinski definition) is 7. The number of hydrogen-bond donors (Lipinski definition) is 1. The Hall–Kier alpha value is -3.53. The summed E-state index contributed by atoms with van der Waals surface area (Å²) in [5.74, 6) is -0.335. The number of carbonyl (C=O) groups is 1. The lowest BCUT2D eigenvalue weighted by Crippen LogP contribution is -2.53. The molecule has 1 aliphatic heterocycles. The zero-order valence-corrected chi connectivity index (χ0v) is 15.9. The number of para-hydroxylation sites is 4. The van der Waals surface area contributed by atoms with Crippen LogP contribution in [0.5, 0.6) is 0 Å². The van der Waals surface area contributed by atoms with E-state index in [2.05, 4.69) is 5.32 Å². The van der Waals surface area contributed by atoms with Gasteiger partial charge in [-0.15, -0.1) is 0 Å². The zero-order valence-electron chi connectivity index (χ0n) is 15.9. The molecule has 1 unspecified atom stereocenters. The van der Waals surface area contributed by atoms with Gasteiger partial charge in [0.2, 0.25) is 5.91 Å². The maximum absolute atomic E-state index is 12.6. The second-order valence-corrected chi connectivity index (χ2v) is 6.71. The van der Waals surface area contributed by atoms with Gasteiger partial charge in [-0.1, -0.05) is 24.3 Å². The molecule has 2 aromatic rings. The molecule has 10 nitrogen and oxygen atoms in total. The van der Waals surface area contributed by atoms with E-state index in [-0.39, 0.29) is 23.0 Å². The van der Waals surface area contributed by atoms with Crippen LogP contribution in [0.1, 0.15) is 6.92 Å².